The van der Waals surface area contributed by atoms with Crippen LogP contribution in [0.1, 0.15) is 26.3 Å². The summed E-state index contributed by atoms with van der Waals surface area (Å²) in [5, 5.41) is 6.34. The summed E-state index contributed by atoms with van der Waals surface area (Å²) in [5.74, 6) is 5.40. The van der Waals surface area contributed by atoms with Crippen LogP contribution in [-0.4, -0.2) is 65.2 Å². The Morgan fingerprint density at radius 1 is 1.25 bits per heavy atom. The van der Waals surface area contributed by atoms with Crippen LogP contribution in [0.5, 0.6) is 0 Å². The molecule has 208 valence electrons. The Hall–Kier alpha value is -4.04. The van der Waals surface area contributed by atoms with Crippen molar-refractivity contribution in [2.75, 3.05) is 42.9 Å². The van der Waals surface area contributed by atoms with Gasteiger partial charge in [0.1, 0.15) is 17.7 Å². The van der Waals surface area contributed by atoms with E-state index in [2.05, 4.69) is 43.9 Å². The highest BCUT2D eigenvalue weighted by molar-refractivity contribution is 6.31. The maximum Gasteiger partial charge on any atom is 0.420 e. The molecule has 9 nitrogen and oxygen atoms in total. The zero-order valence-corrected chi connectivity index (χ0v) is 23.3. The van der Waals surface area contributed by atoms with Crippen LogP contribution in [0.15, 0.2) is 49.3 Å². The van der Waals surface area contributed by atoms with Crippen LogP contribution in [0.4, 0.5) is 26.4 Å². The lowest BCUT2D eigenvalue weighted by Gasteiger charge is -2.27. The number of nitrogens with one attached hydrogen (secondary N) is 2. The summed E-state index contributed by atoms with van der Waals surface area (Å²) in [7, 11) is 0. The van der Waals surface area contributed by atoms with Gasteiger partial charge in [-0.05, 0) is 57.2 Å². The second kappa shape index (κ2) is 12.4. The number of piperazine rings is 1. The van der Waals surface area contributed by atoms with E-state index >= 15 is 0 Å². The molecule has 1 saturated heterocycles. The second-order valence-corrected chi connectivity index (χ2v) is 10.5. The number of nitrogens with zero attached hydrogens (tertiary/aromatic N) is 4. The third-order valence-corrected chi connectivity index (χ3v) is 6.17. The maximum absolute atomic E-state index is 14.0. The van der Waals surface area contributed by atoms with Gasteiger partial charge >= 0.3 is 6.09 Å². The number of aromatic nitrogens is 2. The molecule has 40 heavy (non-hydrogen) atoms. The average Bonchev–Trinajstić information content (AvgIpc) is 2.91. The summed E-state index contributed by atoms with van der Waals surface area (Å²) in [6, 6.07) is 7.22. The standard InChI is InChI=1S/C29H30ClFN6O3/c1-5-26(38)35-24-17-21-25(15-19(24)7-6-12-36-13-10-32-11-14-36)33-18-34-27(21)37(28(39)40-29(2,3)4)20-8-9-23(31)22(30)16-20/h5,8-9,15-18,32H,1,10-14H2,2-4H3,(H,35,38). The summed E-state index contributed by atoms with van der Waals surface area (Å²) in [6.07, 6.45) is 1.70. The van der Waals surface area contributed by atoms with Crippen LogP contribution in [0.25, 0.3) is 10.9 Å². The lowest BCUT2D eigenvalue weighted by molar-refractivity contribution is -0.111. The molecule has 0 saturated carbocycles. The minimum atomic E-state index is -0.835. The molecule has 0 unspecified atom stereocenters. The first-order valence-corrected chi connectivity index (χ1v) is 13.1. The SMILES string of the molecule is C=CC(=O)Nc1cc2c(N(C(=O)OC(C)(C)C)c3ccc(F)c(Cl)c3)ncnc2cc1C#CCN1CCNCC1. The van der Waals surface area contributed by atoms with Gasteiger partial charge < -0.3 is 15.4 Å². The van der Waals surface area contributed by atoms with E-state index in [9.17, 15) is 14.0 Å². The average molecular weight is 565 g/mol. The minimum Gasteiger partial charge on any atom is -0.443 e. The smallest absolute Gasteiger partial charge is 0.420 e. The van der Waals surface area contributed by atoms with E-state index in [1.807, 2.05) is 0 Å². The molecular formula is C29H30ClFN6O3. The summed E-state index contributed by atoms with van der Waals surface area (Å²) >= 11 is 6.06. The number of carbonyl (C=O) groups excluding carboxylic acids is 2. The number of amides is 2. The van der Waals surface area contributed by atoms with Crippen molar-refractivity contribution in [2.45, 2.75) is 26.4 Å². The minimum absolute atomic E-state index is 0.149. The molecule has 1 aliphatic heterocycles. The lowest BCUT2D eigenvalue weighted by atomic mass is 10.1. The molecule has 3 aromatic rings. The van der Waals surface area contributed by atoms with Crippen molar-refractivity contribution in [1.82, 2.24) is 20.2 Å². The van der Waals surface area contributed by atoms with Gasteiger partial charge in [0.05, 0.1) is 34.0 Å². The second-order valence-electron chi connectivity index (χ2n) is 10.0. The van der Waals surface area contributed by atoms with Crippen LogP contribution in [0, 0.1) is 17.7 Å². The van der Waals surface area contributed by atoms with Gasteiger partial charge in [-0.25, -0.2) is 24.1 Å². The summed E-state index contributed by atoms with van der Waals surface area (Å²) < 4.78 is 19.7. The van der Waals surface area contributed by atoms with Gasteiger partial charge in [-0.2, -0.15) is 0 Å². The first-order chi connectivity index (χ1) is 19.1. The van der Waals surface area contributed by atoms with Crippen molar-refractivity contribution >= 4 is 51.7 Å². The number of anilines is 3. The molecule has 0 radical (unpaired) electrons. The van der Waals surface area contributed by atoms with Crippen molar-refractivity contribution in [3.63, 3.8) is 0 Å². The third-order valence-electron chi connectivity index (χ3n) is 5.88. The van der Waals surface area contributed by atoms with E-state index in [1.165, 1.54) is 23.4 Å². The number of rotatable bonds is 5. The van der Waals surface area contributed by atoms with Crippen molar-refractivity contribution in [1.29, 1.82) is 0 Å². The number of halogens is 2. The van der Waals surface area contributed by atoms with Crippen LogP contribution in [-0.2, 0) is 9.53 Å². The molecule has 1 aliphatic rings. The topological polar surface area (TPSA) is 99.7 Å². The molecule has 0 spiro atoms. The molecule has 1 aromatic heterocycles. The molecule has 2 heterocycles. The molecule has 11 heteroatoms. The first kappa shape index (κ1) is 29.0. The van der Waals surface area contributed by atoms with Crippen molar-refractivity contribution in [3.8, 4) is 11.8 Å². The number of hydrogen-bond donors (Lipinski definition) is 2. The number of hydrogen-bond acceptors (Lipinski definition) is 7. The summed E-state index contributed by atoms with van der Waals surface area (Å²) in [6.45, 7) is 12.9. The quantitative estimate of drug-likeness (QED) is 0.337. The number of benzene rings is 2. The van der Waals surface area contributed by atoms with Crippen molar-refractivity contribution < 1.29 is 18.7 Å². The van der Waals surface area contributed by atoms with E-state index in [-0.39, 0.29) is 16.5 Å². The molecule has 2 aromatic carbocycles. The van der Waals surface area contributed by atoms with E-state index in [0.29, 0.717) is 28.7 Å². The van der Waals surface area contributed by atoms with E-state index in [0.717, 1.165) is 38.3 Å². The molecular weight excluding hydrogens is 535 g/mol. The molecule has 1 fully saturated rings. The van der Waals surface area contributed by atoms with E-state index in [4.69, 9.17) is 16.3 Å². The van der Waals surface area contributed by atoms with Gasteiger partial charge in [0, 0.05) is 31.6 Å². The first-order valence-electron chi connectivity index (χ1n) is 12.7. The Morgan fingerprint density at radius 3 is 2.67 bits per heavy atom. The number of carbonyl (C=O) groups is 2. The Bertz CT molecular complexity index is 1510. The third kappa shape index (κ3) is 7.12. The molecule has 2 N–H and O–H groups in total. The predicted octanol–water partition coefficient (Wildman–Crippen LogP) is 4.88. The normalized spacial score (nSPS) is 13.7. The van der Waals surface area contributed by atoms with Crippen LogP contribution < -0.4 is 15.5 Å². The molecule has 4 rings (SSSR count). The Morgan fingerprint density at radius 2 is 2.00 bits per heavy atom. The lowest BCUT2D eigenvalue weighted by Crippen LogP contribution is -2.43. The largest absolute Gasteiger partial charge is 0.443 e. The fourth-order valence-corrected chi connectivity index (χ4v) is 4.19. The molecule has 0 atom stereocenters. The zero-order valence-electron chi connectivity index (χ0n) is 22.6. The fraction of sp³-hybridized carbons (Fsp3) is 0.310. The van der Waals surface area contributed by atoms with Crippen LogP contribution in [0.3, 0.4) is 0 Å². The summed E-state index contributed by atoms with van der Waals surface area (Å²) in [4.78, 5) is 38.0. The van der Waals surface area contributed by atoms with Gasteiger partial charge in [0.2, 0.25) is 5.91 Å². The Labute approximate surface area is 237 Å². The van der Waals surface area contributed by atoms with E-state index in [1.54, 1.807) is 32.9 Å². The molecule has 0 aliphatic carbocycles. The van der Waals surface area contributed by atoms with Crippen molar-refractivity contribution in [2.24, 2.45) is 0 Å². The van der Waals surface area contributed by atoms with Gasteiger partial charge in [0.25, 0.3) is 0 Å². The van der Waals surface area contributed by atoms with E-state index < -0.39 is 23.4 Å². The predicted molar refractivity (Wildman–Crippen MR) is 154 cm³/mol. The zero-order chi connectivity index (χ0) is 28.9. The van der Waals surface area contributed by atoms with Crippen molar-refractivity contribution in [3.05, 3.63) is 65.7 Å². The van der Waals surface area contributed by atoms with Crippen LogP contribution >= 0.6 is 11.6 Å². The highest BCUT2D eigenvalue weighted by atomic mass is 35.5. The Kier molecular flexibility index (Phi) is 9.00. The summed E-state index contributed by atoms with van der Waals surface area (Å²) in [5.41, 5.74) is 0.795. The monoisotopic (exact) mass is 564 g/mol. The van der Waals surface area contributed by atoms with Gasteiger partial charge in [-0.1, -0.05) is 30.0 Å². The number of fused-ring (bicyclic) bond motifs is 1. The maximum atomic E-state index is 14.0. The molecule has 2 amide bonds. The number of ether oxygens (including phenoxy) is 1. The fourth-order valence-electron chi connectivity index (χ4n) is 4.02. The highest BCUT2D eigenvalue weighted by Gasteiger charge is 2.28. The highest BCUT2D eigenvalue weighted by Crippen LogP contribution is 2.35. The van der Waals surface area contributed by atoms with Gasteiger partial charge in [-0.15, -0.1) is 0 Å². The van der Waals surface area contributed by atoms with Gasteiger partial charge in [-0.3, -0.25) is 9.69 Å². The molecule has 0 bridgehead atoms. The Balaban J connectivity index is 1.84. The van der Waals surface area contributed by atoms with Crippen LogP contribution in [0.2, 0.25) is 5.02 Å². The van der Waals surface area contributed by atoms with Gasteiger partial charge in [0.15, 0.2) is 5.82 Å².